The zero-order valence-electron chi connectivity index (χ0n) is 15.4. The SMILES string of the molecule is Cc1nc(C(F)(F)F)ccc1C(=O)Nc1ccc(S(=O)(=O)c2ccc(Br)cc2)cc1. The summed E-state index contributed by atoms with van der Waals surface area (Å²) in [7, 11) is -3.73. The number of hydrogen-bond donors (Lipinski definition) is 1. The van der Waals surface area contributed by atoms with Crippen LogP contribution < -0.4 is 5.32 Å². The van der Waals surface area contributed by atoms with Crippen molar-refractivity contribution in [3.05, 3.63) is 82.1 Å². The Labute approximate surface area is 179 Å². The standard InChI is InChI=1S/C20H14BrF3N2O3S/c1-12-17(10-11-18(25-12)20(22,23)24)19(27)26-14-4-8-16(9-5-14)30(28,29)15-6-2-13(21)3-7-15/h2-11H,1H3,(H,26,27). The first kappa shape index (κ1) is 22.0. The number of amides is 1. The molecule has 0 bridgehead atoms. The van der Waals surface area contributed by atoms with Gasteiger partial charge in [-0.25, -0.2) is 13.4 Å². The molecule has 10 heteroatoms. The van der Waals surface area contributed by atoms with E-state index in [4.69, 9.17) is 0 Å². The van der Waals surface area contributed by atoms with E-state index in [9.17, 15) is 26.4 Å². The number of pyridine rings is 1. The van der Waals surface area contributed by atoms with Crippen LogP contribution in [-0.4, -0.2) is 19.3 Å². The topological polar surface area (TPSA) is 76.1 Å². The number of halogens is 4. The van der Waals surface area contributed by atoms with Crippen molar-refractivity contribution < 1.29 is 26.4 Å². The predicted octanol–water partition coefficient (Wildman–Crippen LogP) is 5.26. The zero-order valence-corrected chi connectivity index (χ0v) is 17.8. The number of rotatable bonds is 4. The normalized spacial score (nSPS) is 11.9. The molecular weight excluding hydrogens is 485 g/mol. The van der Waals surface area contributed by atoms with Gasteiger partial charge in [0.15, 0.2) is 0 Å². The highest BCUT2D eigenvalue weighted by Gasteiger charge is 2.33. The van der Waals surface area contributed by atoms with Crippen molar-refractivity contribution in [3.8, 4) is 0 Å². The number of nitrogens with zero attached hydrogens (tertiary/aromatic N) is 1. The lowest BCUT2D eigenvalue weighted by Crippen LogP contribution is -2.16. The van der Waals surface area contributed by atoms with E-state index in [-0.39, 0.29) is 26.7 Å². The fourth-order valence-electron chi connectivity index (χ4n) is 2.62. The van der Waals surface area contributed by atoms with Gasteiger partial charge in [0.25, 0.3) is 5.91 Å². The molecule has 156 valence electrons. The second-order valence-corrected chi connectivity index (χ2v) is 9.13. The molecule has 0 spiro atoms. The van der Waals surface area contributed by atoms with Gasteiger partial charge in [0.2, 0.25) is 9.84 Å². The molecule has 2 aromatic carbocycles. The van der Waals surface area contributed by atoms with Crippen molar-refractivity contribution in [2.75, 3.05) is 5.32 Å². The van der Waals surface area contributed by atoms with E-state index in [0.717, 1.165) is 16.6 Å². The molecule has 3 aromatic rings. The minimum atomic E-state index is -4.60. The van der Waals surface area contributed by atoms with E-state index < -0.39 is 27.6 Å². The number of alkyl halides is 3. The van der Waals surface area contributed by atoms with E-state index in [1.807, 2.05) is 0 Å². The van der Waals surface area contributed by atoms with Crippen LogP contribution in [-0.2, 0) is 16.0 Å². The Morgan fingerprint density at radius 2 is 1.47 bits per heavy atom. The third kappa shape index (κ3) is 4.71. The van der Waals surface area contributed by atoms with Crippen molar-refractivity contribution in [2.24, 2.45) is 0 Å². The van der Waals surface area contributed by atoms with Crippen LogP contribution in [0.3, 0.4) is 0 Å². The number of carbonyl (C=O) groups excluding carboxylic acids is 1. The van der Waals surface area contributed by atoms with Crippen LogP contribution in [0.15, 0.2) is 74.9 Å². The first-order chi connectivity index (χ1) is 14.0. The summed E-state index contributed by atoms with van der Waals surface area (Å²) in [5.74, 6) is -0.655. The van der Waals surface area contributed by atoms with Gasteiger partial charge in [-0.05, 0) is 67.6 Å². The number of hydrogen-bond acceptors (Lipinski definition) is 4. The second kappa shape index (κ2) is 8.19. The van der Waals surface area contributed by atoms with Gasteiger partial charge in [0, 0.05) is 10.2 Å². The van der Waals surface area contributed by atoms with Crippen LogP contribution in [0.5, 0.6) is 0 Å². The third-order valence-corrected chi connectivity index (χ3v) is 6.48. The van der Waals surface area contributed by atoms with E-state index >= 15 is 0 Å². The van der Waals surface area contributed by atoms with Gasteiger partial charge in [-0.1, -0.05) is 15.9 Å². The van der Waals surface area contributed by atoms with Gasteiger partial charge < -0.3 is 5.32 Å². The zero-order chi connectivity index (χ0) is 22.1. The summed E-state index contributed by atoms with van der Waals surface area (Å²) in [5, 5.41) is 2.52. The highest BCUT2D eigenvalue weighted by atomic mass is 79.9. The van der Waals surface area contributed by atoms with Crippen molar-refractivity contribution in [3.63, 3.8) is 0 Å². The average Bonchev–Trinajstić information content (AvgIpc) is 2.68. The monoisotopic (exact) mass is 498 g/mol. The maximum absolute atomic E-state index is 12.7. The Balaban J connectivity index is 1.79. The maximum Gasteiger partial charge on any atom is 0.433 e. The van der Waals surface area contributed by atoms with Gasteiger partial charge in [-0.15, -0.1) is 0 Å². The molecule has 5 nitrogen and oxygen atoms in total. The number of anilines is 1. The van der Waals surface area contributed by atoms with E-state index in [2.05, 4.69) is 26.2 Å². The average molecular weight is 499 g/mol. The van der Waals surface area contributed by atoms with Gasteiger partial charge in [-0.2, -0.15) is 13.2 Å². The van der Waals surface area contributed by atoms with E-state index in [1.54, 1.807) is 12.1 Å². The molecule has 0 saturated carbocycles. The first-order valence-corrected chi connectivity index (χ1v) is 10.7. The number of aryl methyl sites for hydroxylation is 1. The van der Waals surface area contributed by atoms with Crippen molar-refractivity contribution in [1.82, 2.24) is 4.98 Å². The summed E-state index contributed by atoms with van der Waals surface area (Å²) in [6, 6.07) is 13.4. The molecule has 0 aliphatic heterocycles. The van der Waals surface area contributed by atoms with Gasteiger partial charge in [0.1, 0.15) is 5.69 Å². The summed E-state index contributed by atoms with van der Waals surface area (Å²) in [4.78, 5) is 16.0. The van der Waals surface area contributed by atoms with Crippen LogP contribution in [0.4, 0.5) is 18.9 Å². The summed E-state index contributed by atoms with van der Waals surface area (Å²) in [5.41, 5.74) is -0.889. The van der Waals surface area contributed by atoms with Crippen LogP contribution in [0.2, 0.25) is 0 Å². The quantitative estimate of drug-likeness (QED) is 0.532. The number of benzene rings is 2. The number of carbonyl (C=O) groups is 1. The number of sulfone groups is 1. The van der Waals surface area contributed by atoms with E-state index in [1.165, 1.54) is 43.3 Å². The highest BCUT2D eigenvalue weighted by Crippen LogP contribution is 2.28. The van der Waals surface area contributed by atoms with Crippen LogP contribution >= 0.6 is 15.9 Å². The minimum Gasteiger partial charge on any atom is -0.322 e. The molecule has 0 aliphatic rings. The molecule has 0 saturated heterocycles. The predicted molar refractivity (Wildman–Crippen MR) is 108 cm³/mol. The second-order valence-electron chi connectivity index (χ2n) is 6.26. The molecule has 0 aliphatic carbocycles. The Morgan fingerprint density at radius 3 is 1.97 bits per heavy atom. The lowest BCUT2D eigenvalue weighted by Gasteiger charge is -2.11. The Bertz CT molecular complexity index is 1190. The van der Waals surface area contributed by atoms with Crippen LogP contribution in [0.1, 0.15) is 21.7 Å². The summed E-state index contributed by atoms with van der Waals surface area (Å²) in [6.45, 7) is 1.30. The summed E-state index contributed by atoms with van der Waals surface area (Å²) < 4.78 is 64.2. The van der Waals surface area contributed by atoms with Crippen LogP contribution in [0, 0.1) is 6.92 Å². The van der Waals surface area contributed by atoms with Gasteiger partial charge in [-0.3, -0.25) is 4.79 Å². The Hall–Kier alpha value is -2.72. The summed E-state index contributed by atoms with van der Waals surface area (Å²) >= 11 is 3.24. The van der Waals surface area contributed by atoms with Gasteiger partial charge in [0.05, 0.1) is 21.0 Å². The molecule has 0 unspecified atom stereocenters. The molecule has 1 N–H and O–H groups in total. The van der Waals surface area contributed by atoms with Crippen LogP contribution in [0.25, 0.3) is 0 Å². The maximum atomic E-state index is 12.7. The molecule has 0 fully saturated rings. The molecule has 3 rings (SSSR count). The lowest BCUT2D eigenvalue weighted by atomic mass is 10.1. The van der Waals surface area contributed by atoms with E-state index in [0.29, 0.717) is 0 Å². The molecule has 1 aromatic heterocycles. The molecular formula is C20H14BrF3N2O3S. The largest absolute Gasteiger partial charge is 0.433 e. The van der Waals surface area contributed by atoms with Crippen molar-refractivity contribution in [1.29, 1.82) is 0 Å². The third-order valence-electron chi connectivity index (χ3n) is 4.17. The Kier molecular flexibility index (Phi) is 6.00. The van der Waals surface area contributed by atoms with Crippen molar-refractivity contribution in [2.45, 2.75) is 22.9 Å². The molecule has 0 atom stereocenters. The minimum absolute atomic E-state index is 0.0189. The summed E-state index contributed by atoms with van der Waals surface area (Å²) in [6.07, 6.45) is -4.60. The molecule has 1 amide bonds. The Morgan fingerprint density at radius 1 is 0.933 bits per heavy atom. The fourth-order valence-corrected chi connectivity index (χ4v) is 4.15. The lowest BCUT2D eigenvalue weighted by molar-refractivity contribution is -0.141. The van der Waals surface area contributed by atoms with Crippen molar-refractivity contribution >= 4 is 37.4 Å². The molecule has 0 radical (unpaired) electrons. The fraction of sp³-hybridized carbons (Fsp3) is 0.100. The number of aromatic nitrogens is 1. The first-order valence-electron chi connectivity index (χ1n) is 8.45. The van der Waals surface area contributed by atoms with Gasteiger partial charge >= 0.3 is 6.18 Å². The molecule has 1 heterocycles. The highest BCUT2D eigenvalue weighted by molar-refractivity contribution is 9.10. The number of nitrogens with one attached hydrogen (secondary N) is 1. The smallest absolute Gasteiger partial charge is 0.322 e. The molecule has 30 heavy (non-hydrogen) atoms.